The molecule has 0 amide bonds. The zero-order valence-corrected chi connectivity index (χ0v) is 20.1. The number of aromatic nitrogens is 2. The van der Waals surface area contributed by atoms with Crippen molar-refractivity contribution in [2.75, 3.05) is 0 Å². The number of unbranched alkanes of at least 4 members (excludes halogenated alkanes) is 1. The summed E-state index contributed by atoms with van der Waals surface area (Å²) < 4.78 is 2.05. The molecular formula is C30H29N3O2. The van der Waals surface area contributed by atoms with Crippen LogP contribution < -0.4 is 5.56 Å². The Morgan fingerprint density at radius 3 is 2.37 bits per heavy atom. The van der Waals surface area contributed by atoms with Gasteiger partial charge in [-0.3, -0.25) is 4.79 Å². The molecule has 0 aliphatic heterocycles. The summed E-state index contributed by atoms with van der Waals surface area (Å²) in [5, 5.41) is 20.5. The molecule has 4 aromatic rings. The zero-order valence-electron chi connectivity index (χ0n) is 20.1. The lowest BCUT2D eigenvalue weighted by Crippen LogP contribution is -2.27. The molecule has 5 nitrogen and oxygen atoms in total. The molecule has 176 valence electrons. The van der Waals surface area contributed by atoms with Crippen molar-refractivity contribution < 1.29 is 5.11 Å². The Kier molecular flexibility index (Phi) is 7.54. The van der Waals surface area contributed by atoms with E-state index in [1.54, 1.807) is 0 Å². The molecule has 3 aromatic carbocycles. The van der Waals surface area contributed by atoms with Crippen molar-refractivity contribution in [1.29, 1.82) is 5.26 Å². The average molecular weight is 464 g/mol. The summed E-state index contributed by atoms with van der Waals surface area (Å²) in [6.07, 6.45) is 1.58. The molecule has 1 N–H and O–H groups in total. The maximum Gasteiger partial charge on any atom is 0.279 e. The van der Waals surface area contributed by atoms with Gasteiger partial charge in [-0.15, -0.1) is 0 Å². The summed E-state index contributed by atoms with van der Waals surface area (Å²) in [6.45, 7) is 4.53. The molecule has 1 heterocycles. The predicted octanol–water partition coefficient (Wildman–Crippen LogP) is 5.56. The van der Waals surface area contributed by atoms with Gasteiger partial charge in [0.2, 0.25) is 0 Å². The normalized spacial score (nSPS) is 11.7. The molecule has 4 rings (SSSR count). The van der Waals surface area contributed by atoms with Gasteiger partial charge in [0.05, 0.1) is 17.2 Å². The quantitative estimate of drug-likeness (QED) is 0.371. The standard InChI is InChI=1S/C30H29N3O2/c1-3-4-14-27-32-30(35)28(29(34)24-10-6-5-7-11-24)21(2)33(27)20-22-15-17-23(18-16-22)26-13-9-8-12-25(26)19-31/h5-13,15-18,29,34H,3-4,14,20H2,1-2H3. The van der Waals surface area contributed by atoms with Crippen LogP contribution in [0.25, 0.3) is 11.1 Å². The van der Waals surface area contributed by atoms with Crippen molar-refractivity contribution in [3.63, 3.8) is 0 Å². The Labute approximate surface area is 206 Å². The first-order valence-corrected chi connectivity index (χ1v) is 11.9. The molecule has 1 unspecified atom stereocenters. The minimum Gasteiger partial charge on any atom is -0.383 e. The molecule has 0 aliphatic rings. The highest BCUT2D eigenvalue weighted by molar-refractivity contribution is 5.70. The van der Waals surface area contributed by atoms with Gasteiger partial charge in [0.1, 0.15) is 11.9 Å². The van der Waals surface area contributed by atoms with Crippen molar-refractivity contribution in [2.24, 2.45) is 0 Å². The molecule has 0 spiro atoms. The third-order valence-corrected chi connectivity index (χ3v) is 6.36. The number of benzene rings is 3. The van der Waals surface area contributed by atoms with Crippen LogP contribution in [0, 0.1) is 18.3 Å². The Bertz CT molecular complexity index is 1400. The van der Waals surface area contributed by atoms with Crippen LogP contribution in [0.1, 0.15) is 59.6 Å². The monoisotopic (exact) mass is 463 g/mol. The number of hydrogen-bond donors (Lipinski definition) is 1. The number of hydrogen-bond acceptors (Lipinski definition) is 4. The van der Waals surface area contributed by atoms with Gasteiger partial charge in [-0.25, -0.2) is 0 Å². The second kappa shape index (κ2) is 10.9. The number of rotatable bonds is 8. The van der Waals surface area contributed by atoms with E-state index in [9.17, 15) is 15.2 Å². The molecule has 0 bridgehead atoms. The summed E-state index contributed by atoms with van der Waals surface area (Å²) >= 11 is 0. The van der Waals surface area contributed by atoms with Crippen molar-refractivity contribution in [1.82, 2.24) is 9.55 Å². The van der Waals surface area contributed by atoms with E-state index in [-0.39, 0.29) is 5.56 Å². The van der Waals surface area contributed by atoms with Crippen LogP contribution in [0.2, 0.25) is 0 Å². The summed E-state index contributed by atoms with van der Waals surface area (Å²) in [4.78, 5) is 17.4. The van der Waals surface area contributed by atoms with E-state index < -0.39 is 6.10 Å². The maximum absolute atomic E-state index is 13.0. The highest BCUT2D eigenvalue weighted by atomic mass is 16.3. The number of nitriles is 1. The third kappa shape index (κ3) is 5.24. The average Bonchev–Trinajstić information content (AvgIpc) is 2.90. The SMILES string of the molecule is CCCCc1nc(=O)c(C(O)c2ccccc2)c(C)n1Cc1ccc(-c2ccccc2C#N)cc1. The first kappa shape index (κ1) is 24.1. The Balaban J connectivity index is 1.72. The fraction of sp³-hybridized carbons (Fsp3) is 0.233. The second-order valence-electron chi connectivity index (χ2n) is 8.69. The van der Waals surface area contributed by atoms with Crippen LogP contribution in [-0.2, 0) is 13.0 Å². The number of nitrogens with zero attached hydrogens (tertiary/aromatic N) is 3. The molecule has 0 aliphatic carbocycles. The maximum atomic E-state index is 13.0. The smallest absolute Gasteiger partial charge is 0.279 e. The molecule has 5 heteroatoms. The van der Waals surface area contributed by atoms with E-state index in [1.165, 1.54) is 0 Å². The van der Waals surface area contributed by atoms with Crippen LogP contribution in [0.3, 0.4) is 0 Å². The first-order valence-electron chi connectivity index (χ1n) is 11.9. The summed E-state index contributed by atoms with van der Waals surface area (Å²) in [6, 6.07) is 27.1. The van der Waals surface area contributed by atoms with Crippen LogP contribution in [0.4, 0.5) is 0 Å². The van der Waals surface area contributed by atoms with E-state index in [2.05, 4.69) is 22.5 Å². The van der Waals surface area contributed by atoms with E-state index in [0.29, 0.717) is 29.7 Å². The van der Waals surface area contributed by atoms with Crippen LogP contribution in [0.15, 0.2) is 83.7 Å². The lowest BCUT2D eigenvalue weighted by molar-refractivity contribution is 0.216. The van der Waals surface area contributed by atoms with E-state index in [1.807, 2.05) is 85.8 Å². The Morgan fingerprint density at radius 2 is 1.69 bits per heavy atom. The molecule has 0 radical (unpaired) electrons. The van der Waals surface area contributed by atoms with Gasteiger partial charge < -0.3 is 9.67 Å². The summed E-state index contributed by atoms with van der Waals surface area (Å²) in [5.74, 6) is 0.734. The Morgan fingerprint density at radius 1 is 1.00 bits per heavy atom. The molecule has 1 aromatic heterocycles. The van der Waals surface area contributed by atoms with Gasteiger partial charge >= 0.3 is 0 Å². The van der Waals surface area contributed by atoms with E-state index in [4.69, 9.17) is 0 Å². The summed E-state index contributed by atoms with van der Waals surface area (Å²) in [7, 11) is 0. The van der Waals surface area contributed by atoms with Gasteiger partial charge in [0, 0.05) is 18.7 Å². The van der Waals surface area contributed by atoms with E-state index in [0.717, 1.165) is 41.1 Å². The topological polar surface area (TPSA) is 78.9 Å². The van der Waals surface area contributed by atoms with Crippen LogP contribution in [0.5, 0.6) is 0 Å². The largest absolute Gasteiger partial charge is 0.383 e. The minimum absolute atomic E-state index is 0.316. The number of aryl methyl sites for hydroxylation is 1. The number of aliphatic hydroxyl groups is 1. The molecule has 0 saturated heterocycles. The summed E-state index contributed by atoms with van der Waals surface area (Å²) in [5.41, 5.74) is 4.92. The molecule has 0 saturated carbocycles. The van der Waals surface area contributed by atoms with Gasteiger partial charge in [0.15, 0.2) is 0 Å². The van der Waals surface area contributed by atoms with Crippen LogP contribution in [-0.4, -0.2) is 14.7 Å². The van der Waals surface area contributed by atoms with Crippen molar-refractivity contribution in [3.05, 3.63) is 123 Å². The molecular weight excluding hydrogens is 434 g/mol. The zero-order chi connectivity index (χ0) is 24.8. The molecule has 0 fully saturated rings. The molecule has 1 atom stereocenters. The Hall–Kier alpha value is -4.01. The van der Waals surface area contributed by atoms with Gasteiger partial charge in [-0.1, -0.05) is 86.1 Å². The van der Waals surface area contributed by atoms with Crippen LogP contribution >= 0.6 is 0 Å². The molecule has 35 heavy (non-hydrogen) atoms. The van der Waals surface area contributed by atoms with Crippen molar-refractivity contribution >= 4 is 0 Å². The van der Waals surface area contributed by atoms with Gasteiger partial charge in [-0.05, 0) is 41.7 Å². The van der Waals surface area contributed by atoms with Gasteiger partial charge in [-0.2, -0.15) is 10.2 Å². The lowest BCUT2D eigenvalue weighted by atomic mass is 9.99. The predicted molar refractivity (Wildman–Crippen MR) is 138 cm³/mol. The second-order valence-corrected chi connectivity index (χ2v) is 8.69. The highest BCUT2D eigenvalue weighted by Gasteiger charge is 2.21. The lowest BCUT2D eigenvalue weighted by Gasteiger charge is -2.21. The fourth-order valence-electron chi connectivity index (χ4n) is 4.39. The van der Waals surface area contributed by atoms with Crippen molar-refractivity contribution in [2.45, 2.75) is 45.8 Å². The van der Waals surface area contributed by atoms with Crippen molar-refractivity contribution in [3.8, 4) is 17.2 Å². The number of aliphatic hydroxyl groups excluding tert-OH is 1. The van der Waals surface area contributed by atoms with E-state index >= 15 is 0 Å². The fourth-order valence-corrected chi connectivity index (χ4v) is 4.39. The third-order valence-electron chi connectivity index (χ3n) is 6.36. The highest BCUT2D eigenvalue weighted by Crippen LogP contribution is 2.26. The first-order chi connectivity index (χ1) is 17.0. The van der Waals surface area contributed by atoms with Gasteiger partial charge in [0.25, 0.3) is 5.56 Å². The minimum atomic E-state index is -1.03.